The summed E-state index contributed by atoms with van der Waals surface area (Å²) in [5.41, 5.74) is 0.419. The summed E-state index contributed by atoms with van der Waals surface area (Å²) in [7, 11) is 0. The van der Waals surface area contributed by atoms with Crippen molar-refractivity contribution in [3.8, 4) is 5.82 Å². The summed E-state index contributed by atoms with van der Waals surface area (Å²) in [6.45, 7) is 8.72. The molecule has 0 radical (unpaired) electrons. The van der Waals surface area contributed by atoms with Gasteiger partial charge in [0.25, 0.3) is 6.43 Å². The Hall–Kier alpha value is -3.54. The van der Waals surface area contributed by atoms with Crippen molar-refractivity contribution in [1.82, 2.24) is 24.4 Å². The van der Waals surface area contributed by atoms with E-state index in [0.717, 1.165) is 0 Å². The molecule has 2 aliphatic heterocycles. The average molecular weight is 516 g/mol. The third-order valence-electron chi connectivity index (χ3n) is 6.20. The normalized spacial score (nSPS) is 18.6. The topological polar surface area (TPSA) is 97.6 Å². The molecule has 5 rings (SSSR count). The Morgan fingerprint density at radius 3 is 2.62 bits per heavy atom. The molecule has 2 aromatic heterocycles. The highest BCUT2D eigenvalue weighted by Gasteiger charge is 2.30. The van der Waals surface area contributed by atoms with Gasteiger partial charge >= 0.3 is 6.09 Å². The molecule has 37 heavy (non-hydrogen) atoms. The van der Waals surface area contributed by atoms with E-state index in [9.17, 15) is 13.6 Å². The van der Waals surface area contributed by atoms with Gasteiger partial charge in [0, 0.05) is 38.3 Å². The summed E-state index contributed by atoms with van der Waals surface area (Å²) in [5.74, 6) is 0.824. The Balaban J connectivity index is 1.48. The van der Waals surface area contributed by atoms with E-state index in [0.29, 0.717) is 74.4 Å². The number of morpholine rings is 1. The van der Waals surface area contributed by atoms with Crippen LogP contribution in [0.3, 0.4) is 0 Å². The molecular weight excluding hydrogens is 484 g/mol. The van der Waals surface area contributed by atoms with Gasteiger partial charge in [0.15, 0.2) is 5.82 Å². The molecule has 0 saturated carbocycles. The molecule has 1 atom stereocenters. The van der Waals surface area contributed by atoms with Crippen LogP contribution in [0.4, 0.5) is 25.3 Å². The van der Waals surface area contributed by atoms with E-state index in [-0.39, 0.29) is 18.0 Å². The molecule has 2 aliphatic rings. The number of imidazole rings is 1. The predicted molar refractivity (Wildman–Crippen MR) is 134 cm³/mol. The third-order valence-corrected chi connectivity index (χ3v) is 6.20. The van der Waals surface area contributed by atoms with Crippen molar-refractivity contribution in [2.45, 2.75) is 45.3 Å². The first-order valence-electron chi connectivity index (χ1n) is 12.4. The standard InChI is InChI=1S/C25H31F2N7O3/c1-25(2,3)37-24(35)33-9-8-16(15-33)28-19-14-20(31-23(30-19)32-10-12-36-13-11-32)34-18-7-5-4-6-17(18)29-22(34)21(26)27/h4-7,14,16,21H,8-13,15H2,1-3H3,(H,28,30,31)/t16-/m0/s1. The minimum Gasteiger partial charge on any atom is -0.444 e. The number of likely N-dealkylation sites (tertiary alicyclic amines) is 1. The van der Waals surface area contributed by atoms with Crippen LogP contribution in [0.15, 0.2) is 30.3 Å². The Bertz CT molecular complexity index is 1270. The summed E-state index contributed by atoms with van der Waals surface area (Å²) in [6, 6.07) is 8.56. The number of alkyl halides is 2. The minimum atomic E-state index is -2.79. The minimum absolute atomic E-state index is 0.0816. The molecule has 0 bridgehead atoms. The van der Waals surface area contributed by atoms with Crippen LogP contribution in [0, 0.1) is 0 Å². The van der Waals surface area contributed by atoms with E-state index < -0.39 is 12.0 Å². The van der Waals surface area contributed by atoms with Crippen molar-refractivity contribution < 1.29 is 23.0 Å². The predicted octanol–water partition coefficient (Wildman–Crippen LogP) is 4.01. The van der Waals surface area contributed by atoms with Gasteiger partial charge in [0.1, 0.15) is 17.2 Å². The number of ether oxygens (including phenoxy) is 2. The van der Waals surface area contributed by atoms with Gasteiger partial charge in [-0.3, -0.25) is 4.57 Å². The van der Waals surface area contributed by atoms with E-state index in [1.54, 1.807) is 35.2 Å². The maximum absolute atomic E-state index is 14.1. The lowest BCUT2D eigenvalue weighted by Gasteiger charge is -2.28. The molecule has 12 heteroatoms. The zero-order valence-electron chi connectivity index (χ0n) is 21.2. The van der Waals surface area contributed by atoms with Crippen LogP contribution in [-0.4, -0.2) is 81.5 Å². The van der Waals surface area contributed by atoms with Crippen molar-refractivity contribution in [2.24, 2.45) is 0 Å². The van der Waals surface area contributed by atoms with E-state index in [4.69, 9.17) is 14.5 Å². The third kappa shape index (κ3) is 5.58. The Morgan fingerprint density at radius 2 is 1.89 bits per heavy atom. The number of nitrogens with zero attached hydrogens (tertiary/aromatic N) is 6. The van der Waals surface area contributed by atoms with Crippen molar-refractivity contribution in [2.75, 3.05) is 49.6 Å². The first-order chi connectivity index (χ1) is 17.7. The summed E-state index contributed by atoms with van der Waals surface area (Å²) in [4.78, 5) is 29.7. The maximum atomic E-state index is 14.1. The van der Waals surface area contributed by atoms with Crippen molar-refractivity contribution in [1.29, 1.82) is 0 Å². The first-order valence-corrected chi connectivity index (χ1v) is 12.4. The number of halogens is 2. The molecule has 4 heterocycles. The number of hydrogen-bond acceptors (Lipinski definition) is 8. The Morgan fingerprint density at radius 1 is 1.14 bits per heavy atom. The van der Waals surface area contributed by atoms with Gasteiger partial charge in [-0.25, -0.2) is 18.6 Å². The summed E-state index contributed by atoms with van der Waals surface area (Å²) < 4.78 is 40.5. The average Bonchev–Trinajstić information content (AvgIpc) is 3.48. The molecule has 1 amide bonds. The largest absolute Gasteiger partial charge is 0.444 e. The number of nitrogens with one attached hydrogen (secondary N) is 1. The zero-order chi connectivity index (χ0) is 26.2. The van der Waals surface area contributed by atoms with Crippen molar-refractivity contribution in [3.05, 3.63) is 36.2 Å². The molecule has 1 N–H and O–H groups in total. The van der Waals surface area contributed by atoms with Gasteiger partial charge < -0.3 is 24.6 Å². The van der Waals surface area contributed by atoms with Gasteiger partial charge in [-0.1, -0.05) is 12.1 Å². The number of aromatic nitrogens is 4. The van der Waals surface area contributed by atoms with Crippen LogP contribution >= 0.6 is 0 Å². The summed E-state index contributed by atoms with van der Waals surface area (Å²) in [5, 5.41) is 3.39. The van der Waals surface area contributed by atoms with Gasteiger partial charge in [-0.2, -0.15) is 9.97 Å². The second-order valence-electron chi connectivity index (χ2n) is 10.2. The van der Waals surface area contributed by atoms with Gasteiger partial charge in [0.05, 0.1) is 24.2 Å². The Labute approximate surface area is 213 Å². The van der Waals surface area contributed by atoms with E-state index in [2.05, 4.69) is 15.3 Å². The van der Waals surface area contributed by atoms with Crippen LogP contribution in [0.5, 0.6) is 0 Å². The van der Waals surface area contributed by atoms with E-state index >= 15 is 0 Å². The Kier molecular flexibility index (Phi) is 6.84. The van der Waals surface area contributed by atoms with Crippen LogP contribution < -0.4 is 10.2 Å². The molecular formula is C25H31F2N7O3. The SMILES string of the molecule is CC(C)(C)OC(=O)N1CC[C@H](Nc2cc(-n3c(C(F)F)nc4ccccc43)nc(N3CCOCC3)n2)C1. The van der Waals surface area contributed by atoms with E-state index in [1.165, 1.54) is 4.57 Å². The molecule has 0 aliphatic carbocycles. The fourth-order valence-corrected chi connectivity index (χ4v) is 4.53. The molecule has 0 spiro atoms. The van der Waals surface area contributed by atoms with Gasteiger partial charge in [-0.05, 0) is 39.3 Å². The molecule has 0 unspecified atom stereocenters. The summed E-state index contributed by atoms with van der Waals surface area (Å²) in [6.07, 6.45) is -2.45. The lowest BCUT2D eigenvalue weighted by Crippen LogP contribution is -2.38. The molecule has 2 fully saturated rings. The first kappa shape index (κ1) is 25.1. The number of amides is 1. The lowest BCUT2D eigenvalue weighted by molar-refractivity contribution is 0.0293. The second-order valence-corrected chi connectivity index (χ2v) is 10.2. The number of benzene rings is 1. The number of carbonyl (C=O) groups is 1. The lowest BCUT2D eigenvalue weighted by atomic mass is 10.2. The van der Waals surface area contributed by atoms with Gasteiger partial charge in [0.2, 0.25) is 5.95 Å². The fourth-order valence-electron chi connectivity index (χ4n) is 4.53. The quantitative estimate of drug-likeness (QED) is 0.545. The van der Waals surface area contributed by atoms with Crippen LogP contribution in [0.25, 0.3) is 16.9 Å². The molecule has 198 valence electrons. The van der Waals surface area contributed by atoms with Crippen molar-refractivity contribution in [3.63, 3.8) is 0 Å². The van der Waals surface area contributed by atoms with Crippen LogP contribution in [-0.2, 0) is 9.47 Å². The number of rotatable bonds is 5. The smallest absolute Gasteiger partial charge is 0.410 e. The number of carbonyl (C=O) groups excluding carboxylic acids is 1. The highest BCUT2D eigenvalue weighted by molar-refractivity contribution is 5.78. The maximum Gasteiger partial charge on any atom is 0.410 e. The monoisotopic (exact) mass is 515 g/mol. The van der Waals surface area contributed by atoms with E-state index in [1.807, 2.05) is 25.7 Å². The number of para-hydroxylation sites is 2. The van der Waals surface area contributed by atoms with Crippen LogP contribution in [0.2, 0.25) is 0 Å². The molecule has 2 saturated heterocycles. The fraction of sp³-hybridized carbons (Fsp3) is 0.520. The number of anilines is 2. The zero-order valence-corrected chi connectivity index (χ0v) is 21.2. The van der Waals surface area contributed by atoms with Crippen molar-refractivity contribution >= 4 is 28.9 Å². The number of hydrogen-bond donors (Lipinski definition) is 1. The summed E-state index contributed by atoms with van der Waals surface area (Å²) >= 11 is 0. The van der Waals surface area contributed by atoms with Crippen LogP contribution in [0.1, 0.15) is 39.4 Å². The molecule has 10 nitrogen and oxygen atoms in total. The molecule has 3 aromatic rings. The highest BCUT2D eigenvalue weighted by atomic mass is 19.3. The number of fused-ring (bicyclic) bond motifs is 1. The van der Waals surface area contributed by atoms with Gasteiger partial charge in [-0.15, -0.1) is 0 Å². The second kappa shape index (κ2) is 10.1. The highest BCUT2D eigenvalue weighted by Crippen LogP contribution is 2.29. The molecule has 1 aromatic carbocycles.